The number of carbonyl (C=O) groups excluding carboxylic acids is 2. The number of hydrogen-bond donors (Lipinski definition) is 1. The highest BCUT2D eigenvalue weighted by Crippen LogP contribution is 2.34. The molecule has 0 aromatic heterocycles. The van der Waals surface area contributed by atoms with E-state index in [9.17, 15) is 18.0 Å². The molecule has 0 radical (unpaired) electrons. The monoisotopic (exact) mass is 593 g/mol. The highest BCUT2D eigenvalue weighted by molar-refractivity contribution is 7.92. The average Bonchev–Trinajstić information content (AvgIpc) is 2.97. The molecule has 1 N–H and O–H groups in total. The molecule has 3 aromatic carbocycles. The molecular formula is C32H39N3O6S. The summed E-state index contributed by atoms with van der Waals surface area (Å²) >= 11 is 0. The van der Waals surface area contributed by atoms with Gasteiger partial charge in [0.05, 0.1) is 11.9 Å². The second-order valence-corrected chi connectivity index (χ2v) is 12.3. The van der Waals surface area contributed by atoms with Crippen molar-refractivity contribution in [3.63, 3.8) is 0 Å². The maximum absolute atomic E-state index is 13.9. The summed E-state index contributed by atoms with van der Waals surface area (Å²) in [7, 11) is -3.65. The lowest BCUT2D eigenvalue weighted by atomic mass is 10.0. The topological polar surface area (TPSA) is 105 Å². The van der Waals surface area contributed by atoms with E-state index in [2.05, 4.69) is 5.32 Å². The fraction of sp³-hybridized carbons (Fsp3) is 0.375. The van der Waals surface area contributed by atoms with Gasteiger partial charge in [-0.1, -0.05) is 60.2 Å². The van der Waals surface area contributed by atoms with Crippen molar-refractivity contribution in [2.24, 2.45) is 0 Å². The molecule has 10 heteroatoms. The Morgan fingerprint density at radius 2 is 1.62 bits per heavy atom. The molecule has 0 spiro atoms. The maximum Gasteiger partial charge on any atom is 0.243 e. The molecule has 1 aliphatic heterocycles. The minimum Gasteiger partial charge on any atom is -0.486 e. The summed E-state index contributed by atoms with van der Waals surface area (Å²) in [5.74, 6) is 0.600. The zero-order valence-corrected chi connectivity index (χ0v) is 25.2. The second kappa shape index (κ2) is 14.2. The van der Waals surface area contributed by atoms with Crippen LogP contribution in [0.4, 0.5) is 5.69 Å². The van der Waals surface area contributed by atoms with Crippen molar-refractivity contribution in [1.29, 1.82) is 0 Å². The summed E-state index contributed by atoms with van der Waals surface area (Å²) in [6, 6.07) is 21.8. The third-order valence-electron chi connectivity index (χ3n) is 7.06. The van der Waals surface area contributed by atoms with Crippen LogP contribution in [0.15, 0.2) is 72.8 Å². The van der Waals surface area contributed by atoms with Crippen LogP contribution in [0.3, 0.4) is 0 Å². The molecule has 224 valence electrons. The van der Waals surface area contributed by atoms with Crippen LogP contribution in [0, 0.1) is 6.92 Å². The predicted octanol–water partition coefficient (Wildman–Crippen LogP) is 4.09. The Morgan fingerprint density at radius 1 is 0.929 bits per heavy atom. The Bertz CT molecular complexity index is 1460. The van der Waals surface area contributed by atoms with Crippen molar-refractivity contribution < 1.29 is 27.5 Å². The minimum atomic E-state index is -3.65. The van der Waals surface area contributed by atoms with Crippen LogP contribution >= 0.6 is 0 Å². The summed E-state index contributed by atoms with van der Waals surface area (Å²) in [5.41, 5.74) is 3.39. The van der Waals surface area contributed by atoms with E-state index < -0.39 is 16.1 Å². The summed E-state index contributed by atoms with van der Waals surface area (Å²) in [6.45, 7) is 5.45. The Balaban J connectivity index is 1.55. The molecule has 3 aromatic rings. The van der Waals surface area contributed by atoms with Gasteiger partial charge in [-0.05, 0) is 43.5 Å². The van der Waals surface area contributed by atoms with E-state index in [-0.39, 0.29) is 37.7 Å². The molecule has 0 bridgehead atoms. The van der Waals surface area contributed by atoms with E-state index in [1.165, 1.54) is 4.31 Å². The lowest BCUT2D eigenvalue weighted by Crippen LogP contribution is -2.50. The standard InChI is InChI=1S/C32H39N3O6S/c1-4-33-32(37)28(21-25-9-6-5-7-10-25)34(23-26-14-12-24(2)13-15-26)31(36)11-8-18-35(42(3,38)39)27-16-17-29-30(22-27)41-20-19-40-29/h5-7,9-10,12-17,22,28H,4,8,11,18-21,23H2,1-3H3,(H,33,37). The van der Waals surface area contributed by atoms with Gasteiger partial charge in [0.1, 0.15) is 19.3 Å². The van der Waals surface area contributed by atoms with Crippen LogP contribution in [0.5, 0.6) is 11.5 Å². The van der Waals surface area contributed by atoms with Crippen molar-refractivity contribution in [3.05, 3.63) is 89.5 Å². The van der Waals surface area contributed by atoms with Crippen molar-refractivity contribution in [3.8, 4) is 11.5 Å². The fourth-order valence-electron chi connectivity index (χ4n) is 4.93. The lowest BCUT2D eigenvalue weighted by molar-refractivity contribution is -0.141. The van der Waals surface area contributed by atoms with Crippen LogP contribution in [0.1, 0.15) is 36.5 Å². The number of likely N-dealkylation sites (N-methyl/N-ethyl adjacent to an activating group) is 1. The third kappa shape index (κ3) is 8.25. The largest absolute Gasteiger partial charge is 0.486 e. The first-order valence-electron chi connectivity index (χ1n) is 14.2. The Labute approximate surface area is 248 Å². The Morgan fingerprint density at radius 3 is 2.29 bits per heavy atom. The van der Waals surface area contributed by atoms with E-state index in [0.717, 1.165) is 22.9 Å². The predicted molar refractivity (Wildman–Crippen MR) is 163 cm³/mol. The molecule has 0 fully saturated rings. The molecule has 0 saturated heterocycles. The van der Waals surface area contributed by atoms with E-state index in [1.54, 1.807) is 23.1 Å². The number of ether oxygens (including phenoxy) is 2. The minimum absolute atomic E-state index is 0.0626. The third-order valence-corrected chi connectivity index (χ3v) is 8.26. The SMILES string of the molecule is CCNC(=O)C(Cc1ccccc1)N(Cc1ccc(C)cc1)C(=O)CCCN(c1ccc2c(c1)OCCO2)S(C)(=O)=O. The van der Waals surface area contributed by atoms with Crippen LogP contribution in [-0.2, 0) is 32.6 Å². The van der Waals surface area contributed by atoms with Gasteiger partial charge in [0.25, 0.3) is 0 Å². The first-order valence-corrected chi connectivity index (χ1v) is 16.0. The number of amides is 2. The number of rotatable bonds is 13. The van der Waals surface area contributed by atoms with Gasteiger partial charge in [-0.25, -0.2) is 8.42 Å². The molecule has 1 heterocycles. The van der Waals surface area contributed by atoms with E-state index in [4.69, 9.17) is 9.47 Å². The van der Waals surface area contributed by atoms with E-state index in [0.29, 0.717) is 43.4 Å². The number of hydrogen-bond acceptors (Lipinski definition) is 6. The summed E-state index contributed by atoms with van der Waals surface area (Å²) in [5, 5.41) is 2.89. The van der Waals surface area contributed by atoms with Gasteiger partial charge in [0.15, 0.2) is 11.5 Å². The lowest BCUT2D eigenvalue weighted by Gasteiger charge is -2.32. The van der Waals surface area contributed by atoms with Gasteiger partial charge in [-0.15, -0.1) is 0 Å². The molecule has 1 unspecified atom stereocenters. The molecule has 0 saturated carbocycles. The second-order valence-electron chi connectivity index (χ2n) is 10.4. The highest BCUT2D eigenvalue weighted by atomic mass is 32.2. The maximum atomic E-state index is 13.9. The van der Waals surface area contributed by atoms with Gasteiger partial charge >= 0.3 is 0 Å². The molecular weight excluding hydrogens is 554 g/mol. The van der Waals surface area contributed by atoms with E-state index in [1.807, 2.05) is 68.4 Å². The van der Waals surface area contributed by atoms with Crippen LogP contribution in [0.25, 0.3) is 0 Å². The van der Waals surface area contributed by atoms with Gasteiger partial charge in [-0.2, -0.15) is 0 Å². The molecule has 42 heavy (non-hydrogen) atoms. The van der Waals surface area contributed by atoms with Gasteiger partial charge in [0, 0.05) is 38.5 Å². The molecule has 1 atom stereocenters. The Kier molecular flexibility index (Phi) is 10.5. The summed E-state index contributed by atoms with van der Waals surface area (Å²) in [6.07, 6.45) is 1.82. The zero-order chi connectivity index (χ0) is 30.1. The first-order chi connectivity index (χ1) is 20.2. The average molecular weight is 594 g/mol. The smallest absolute Gasteiger partial charge is 0.243 e. The number of nitrogens with one attached hydrogen (secondary N) is 1. The number of fused-ring (bicyclic) bond motifs is 1. The number of carbonyl (C=O) groups is 2. The highest BCUT2D eigenvalue weighted by Gasteiger charge is 2.30. The number of anilines is 1. The van der Waals surface area contributed by atoms with E-state index >= 15 is 0 Å². The number of benzene rings is 3. The number of nitrogens with zero attached hydrogens (tertiary/aromatic N) is 2. The van der Waals surface area contributed by atoms with Crippen LogP contribution in [0.2, 0.25) is 0 Å². The summed E-state index contributed by atoms with van der Waals surface area (Å²) in [4.78, 5) is 28.8. The van der Waals surface area contributed by atoms with Gasteiger partial charge in [0.2, 0.25) is 21.8 Å². The fourth-order valence-corrected chi connectivity index (χ4v) is 5.88. The van der Waals surface area contributed by atoms with Crippen molar-refractivity contribution in [2.75, 3.05) is 36.9 Å². The van der Waals surface area contributed by atoms with Gasteiger partial charge < -0.3 is 19.7 Å². The zero-order valence-electron chi connectivity index (χ0n) is 24.4. The quantitative estimate of drug-likeness (QED) is 0.320. The molecule has 1 aliphatic rings. The summed E-state index contributed by atoms with van der Waals surface area (Å²) < 4.78 is 38.0. The van der Waals surface area contributed by atoms with Crippen LogP contribution < -0.4 is 19.1 Å². The van der Waals surface area contributed by atoms with Crippen LogP contribution in [-0.4, -0.2) is 63.7 Å². The van der Waals surface area contributed by atoms with Gasteiger partial charge in [-0.3, -0.25) is 13.9 Å². The van der Waals surface area contributed by atoms with Crippen molar-refractivity contribution in [2.45, 2.75) is 45.7 Å². The molecule has 9 nitrogen and oxygen atoms in total. The number of aryl methyl sites for hydroxylation is 1. The molecule has 4 rings (SSSR count). The van der Waals surface area contributed by atoms with Crippen molar-refractivity contribution in [1.82, 2.24) is 10.2 Å². The van der Waals surface area contributed by atoms with Crippen molar-refractivity contribution >= 4 is 27.5 Å². The Hall–Kier alpha value is -4.05. The number of sulfonamides is 1. The molecule has 2 amide bonds. The molecule has 0 aliphatic carbocycles. The normalized spacial score (nSPS) is 13.2. The first kappa shape index (κ1) is 30.9.